The van der Waals surface area contributed by atoms with Crippen LogP contribution in [0.4, 0.5) is 0 Å². The van der Waals surface area contributed by atoms with Gasteiger partial charge in [-0.3, -0.25) is 14.6 Å². The summed E-state index contributed by atoms with van der Waals surface area (Å²) in [5.41, 5.74) is 4.50. The number of benzene rings is 1. The first-order chi connectivity index (χ1) is 16.4. The van der Waals surface area contributed by atoms with Crippen molar-refractivity contribution in [1.29, 1.82) is 0 Å². The zero-order valence-electron chi connectivity index (χ0n) is 19.9. The Bertz CT molecular complexity index is 1350. The maximum atomic E-state index is 13.8. The highest BCUT2D eigenvalue weighted by Crippen LogP contribution is 2.25. The minimum atomic E-state index is -0.300. The molecule has 0 saturated carbocycles. The van der Waals surface area contributed by atoms with Crippen molar-refractivity contribution in [2.75, 3.05) is 7.05 Å². The van der Waals surface area contributed by atoms with Crippen LogP contribution in [0.3, 0.4) is 0 Å². The summed E-state index contributed by atoms with van der Waals surface area (Å²) in [5, 5.41) is 2.72. The van der Waals surface area contributed by atoms with Crippen molar-refractivity contribution in [1.82, 2.24) is 19.4 Å². The number of nitrogens with zero attached hydrogens (tertiary/aromatic N) is 4. The van der Waals surface area contributed by atoms with Gasteiger partial charge >= 0.3 is 0 Å². The van der Waals surface area contributed by atoms with E-state index >= 15 is 0 Å². The second-order valence-corrected chi connectivity index (χ2v) is 9.37. The summed E-state index contributed by atoms with van der Waals surface area (Å²) in [5.74, 6) is -0.300. The Hall–Kier alpha value is -3.58. The molecule has 0 aliphatic rings. The minimum absolute atomic E-state index is 0.204. The molecular weight excluding hydrogens is 444 g/mol. The fourth-order valence-corrected chi connectivity index (χ4v) is 4.80. The van der Waals surface area contributed by atoms with Crippen LogP contribution in [0.25, 0.3) is 0 Å². The molecule has 34 heavy (non-hydrogen) atoms. The largest absolute Gasteiger partial charge is 0.342 e. The Morgan fingerprint density at radius 2 is 1.85 bits per heavy atom. The predicted octanol–water partition coefficient (Wildman–Crippen LogP) is 4.79. The molecule has 0 fully saturated rings. The molecule has 3 aromatic heterocycles. The van der Waals surface area contributed by atoms with Crippen LogP contribution in [0.1, 0.15) is 56.5 Å². The van der Waals surface area contributed by atoms with Gasteiger partial charge in [-0.25, -0.2) is 4.98 Å². The number of pyridine rings is 2. The average molecular weight is 473 g/mol. The molecular formula is C27H28N4O2S. The van der Waals surface area contributed by atoms with E-state index < -0.39 is 0 Å². The zero-order valence-corrected chi connectivity index (χ0v) is 20.7. The van der Waals surface area contributed by atoms with E-state index in [1.165, 1.54) is 11.3 Å². The Balaban J connectivity index is 1.85. The van der Waals surface area contributed by atoms with Gasteiger partial charge in [-0.05, 0) is 44.0 Å². The Kier molecular flexibility index (Phi) is 7.03. The summed E-state index contributed by atoms with van der Waals surface area (Å²) < 4.78 is 2.05. The summed E-state index contributed by atoms with van der Waals surface area (Å²) in [6.07, 6.45) is 3.95. The van der Waals surface area contributed by atoms with Crippen LogP contribution in [-0.4, -0.2) is 32.4 Å². The van der Waals surface area contributed by atoms with Gasteiger partial charge in [-0.1, -0.05) is 30.3 Å². The molecule has 0 unspecified atom stereocenters. The van der Waals surface area contributed by atoms with Gasteiger partial charge in [0.2, 0.25) is 0 Å². The van der Waals surface area contributed by atoms with E-state index in [-0.39, 0.29) is 22.9 Å². The first-order valence-electron chi connectivity index (χ1n) is 11.2. The molecule has 7 heteroatoms. The van der Waals surface area contributed by atoms with Crippen LogP contribution in [0, 0.1) is 13.8 Å². The molecule has 0 spiro atoms. The van der Waals surface area contributed by atoms with Gasteiger partial charge in [0.25, 0.3) is 5.91 Å². The van der Waals surface area contributed by atoms with Crippen molar-refractivity contribution < 1.29 is 4.79 Å². The normalized spacial score (nSPS) is 11.9. The van der Waals surface area contributed by atoms with Gasteiger partial charge in [0.1, 0.15) is 10.6 Å². The van der Waals surface area contributed by atoms with E-state index in [1.807, 2.05) is 73.2 Å². The highest BCUT2D eigenvalue weighted by molar-refractivity contribution is 7.09. The number of amides is 1. The maximum absolute atomic E-state index is 13.8. The molecule has 1 atom stereocenters. The van der Waals surface area contributed by atoms with Gasteiger partial charge in [-0.15, -0.1) is 11.3 Å². The third-order valence-electron chi connectivity index (χ3n) is 6.22. The first-order valence-corrected chi connectivity index (χ1v) is 12.1. The smallest absolute Gasteiger partial charge is 0.259 e. The van der Waals surface area contributed by atoms with Gasteiger partial charge in [-0.2, -0.15) is 0 Å². The number of aromatic nitrogens is 3. The Morgan fingerprint density at radius 1 is 1.09 bits per heavy atom. The summed E-state index contributed by atoms with van der Waals surface area (Å²) >= 11 is 1.50. The van der Waals surface area contributed by atoms with Crippen molar-refractivity contribution in [3.05, 3.63) is 115 Å². The molecule has 0 N–H and O–H groups in total. The summed E-state index contributed by atoms with van der Waals surface area (Å²) in [4.78, 5) is 37.5. The lowest BCUT2D eigenvalue weighted by Crippen LogP contribution is -2.36. The van der Waals surface area contributed by atoms with Crippen LogP contribution >= 0.6 is 11.3 Å². The fraction of sp³-hybridized carbons (Fsp3) is 0.259. The number of hydrogen-bond acceptors (Lipinski definition) is 5. The number of carbonyl (C=O) groups excluding carboxylic acids is 1. The standard InChI is InChI=1S/C27H28N4O2S/c1-18-9-5-6-10-21(18)16-23-25(27(33)30(4)20(3)26-29-13-14-34-26)24(32)15-19(2)31(23)17-22-11-7-8-12-28-22/h5-15,20H,16-17H2,1-4H3/t20-/m0/s1. The summed E-state index contributed by atoms with van der Waals surface area (Å²) in [6.45, 7) is 6.35. The number of rotatable bonds is 7. The van der Waals surface area contributed by atoms with Gasteiger partial charge < -0.3 is 9.47 Å². The lowest BCUT2D eigenvalue weighted by Gasteiger charge is -2.26. The van der Waals surface area contributed by atoms with E-state index in [4.69, 9.17) is 0 Å². The highest BCUT2D eigenvalue weighted by Gasteiger charge is 2.27. The second kappa shape index (κ2) is 10.1. The number of hydrogen-bond donors (Lipinski definition) is 0. The third kappa shape index (κ3) is 4.84. The number of aryl methyl sites for hydroxylation is 2. The highest BCUT2D eigenvalue weighted by atomic mass is 32.1. The van der Waals surface area contributed by atoms with Gasteiger partial charge in [0.05, 0.1) is 18.3 Å². The summed E-state index contributed by atoms with van der Waals surface area (Å²) in [6, 6.07) is 15.1. The van der Waals surface area contributed by atoms with Crippen molar-refractivity contribution in [2.45, 2.75) is 39.8 Å². The van der Waals surface area contributed by atoms with E-state index in [2.05, 4.69) is 9.97 Å². The Morgan fingerprint density at radius 3 is 2.53 bits per heavy atom. The monoisotopic (exact) mass is 472 g/mol. The predicted molar refractivity (Wildman–Crippen MR) is 135 cm³/mol. The molecule has 0 bridgehead atoms. The van der Waals surface area contributed by atoms with Crippen LogP contribution in [0.15, 0.2) is 71.1 Å². The van der Waals surface area contributed by atoms with Crippen molar-refractivity contribution in [2.24, 2.45) is 0 Å². The van der Waals surface area contributed by atoms with E-state index in [0.717, 1.165) is 27.5 Å². The zero-order chi connectivity index (χ0) is 24.2. The van der Waals surface area contributed by atoms with Crippen LogP contribution in [-0.2, 0) is 13.0 Å². The topological polar surface area (TPSA) is 68.1 Å². The van der Waals surface area contributed by atoms with Crippen LogP contribution in [0.2, 0.25) is 0 Å². The van der Waals surface area contributed by atoms with Crippen molar-refractivity contribution in [3.8, 4) is 0 Å². The fourth-order valence-electron chi connectivity index (χ4n) is 4.06. The molecule has 0 aliphatic heterocycles. The SMILES string of the molecule is Cc1ccccc1Cc1c(C(=O)N(C)[C@@H](C)c2nccs2)c(=O)cc(C)n1Cc1ccccn1. The quantitative estimate of drug-likeness (QED) is 0.388. The molecule has 1 aromatic carbocycles. The van der Waals surface area contributed by atoms with E-state index in [0.29, 0.717) is 18.7 Å². The molecule has 4 rings (SSSR count). The molecule has 174 valence electrons. The van der Waals surface area contributed by atoms with E-state index in [1.54, 1.807) is 30.4 Å². The molecule has 4 aromatic rings. The van der Waals surface area contributed by atoms with Crippen LogP contribution in [0.5, 0.6) is 0 Å². The van der Waals surface area contributed by atoms with E-state index in [9.17, 15) is 9.59 Å². The van der Waals surface area contributed by atoms with Crippen LogP contribution < -0.4 is 5.43 Å². The third-order valence-corrected chi connectivity index (χ3v) is 7.16. The van der Waals surface area contributed by atoms with Gasteiger partial charge in [0, 0.05) is 48.7 Å². The summed E-state index contributed by atoms with van der Waals surface area (Å²) in [7, 11) is 1.73. The number of thiazole rings is 1. The molecule has 6 nitrogen and oxygen atoms in total. The minimum Gasteiger partial charge on any atom is -0.342 e. The Labute approximate surface area is 203 Å². The van der Waals surface area contributed by atoms with Crippen molar-refractivity contribution in [3.63, 3.8) is 0 Å². The molecule has 0 saturated heterocycles. The molecule has 3 heterocycles. The lowest BCUT2D eigenvalue weighted by atomic mass is 9.98. The van der Waals surface area contributed by atoms with Crippen molar-refractivity contribution >= 4 is 17.2 Å². The molecule has 0 aliphatic carbocycles. The second-order valence-electron chi connectivity index (χ2n) is 8.44. The average Bonchev–Trinajstić information content (AvgIpc) is 3.37. The number of carbonyl (C=O) groups is 1. The van der Waals surface area contributed by atoms with Gasteiger partial charge in [0.15, 0.2) is 5.43 Å². The first kappa shape index (κ1) is 23.6. The lowest BCUT2D eigenvalue weighted by molar-refractivity contribution is 0.0739. The molecule has 0 radical (unpaired) electrons. The maximum Gasteiger partial charge on any atom is 0.259 e. The molecule has 1 amide bonds.